The van der Waals surface area contributed by atoms with E-state index in [2.05, 4.69) is 20.9 Å². The van der Waals surface area contributed by atoms with Gasteiger partial charge in [-0.3, -0.25) is 14.5 Å². The van der Waals surface area contributed by atoms with Crippen molar-refractivity contribution in [2.75, 3.05) is 6.54 Å². The van der Waals surface area contributed by atoms with Gasteiger partial charge in [0, 0.05) is 45.3 Å². The number of nitrogens with one attached hydrogen (secondary N) is 2. The fourth-order valence-electron chi connectivity index (χ4n) is 4.50. The van der Waals surface area contributed by atoms with Crippen LogP contribution in [0, 0.1) is 13.8 Å². The first kappa shape index (κ1) is 21.2. The van der Waals surface area contributed by atoms with Crippen molar-refractivity contribution in [3.05, 3.63) is 81.4 Å². The topological polar surface area (TPSA) is 87.2 Å². The van der Waals surface area contributed by atoms with Gasteiger partial charge in [0.25, 0.3) is 5.91 Å². The van der Waals surface area contributed by atoms with Crippen LogP contribution in [-0.4, -0.2) is 44.8 Å². The summed E-state index contributed by atoms with van der Waals surface area (Å²) in [6, 6.07) is 12.5. The predicted octanol–water partition coefficient (Wildman–Crippen LogP) is 4.04. The second-order valence-corrected chi connectivity index (χ2v) is 9.40. The molecule has 4 aromatic rings. The smallest absolute Gasteiger partial charge is 0.325 e. The maximum atomic E-state index is 13.1. The number of nitrogens with zero attached hydrogens (tertiary/aromatic N) is 2. The zero-order chi connectivity index (χ0) is 23.1. The number of hydrogen-bond donors (Lipinski definition) is 2. The number of ketones is 1. The Bertz CT molecular complexity index is 1370. The number of carbonyl (C=O) groups is 3. The summed E-state index contributed by atoms with van der Waals surface area (Å²) in [6.45, 7) is 4.29. The van der Waals surface area contributed by atoms with Gasteiger partial charge in [-0.2, -0.15) is 0 Å². The Hall–Kier alpha value is -3.65. The highest BCUT2D eigenvalue weighted by molar-refractivity contribution is 7.09. The largest absolute Gasteiger partial charge is 0.361 e. The molecule has 1 fully saturated rings. The average molecular weight is 461 g/mol. The van der Waals surface area contributed by atoms with E-state index >= 15 is 0 Å². The van der Waals surface area contributed by atoms with E-state index in [1.165, 1.54) is 4.88 Å². The van der Waals surface area contributed by atoms with Crippen molar-refractivity contribution in [3.63, 3.8) is 0 Å². The number of aryl methyl sites for hydroxylation is 1. The molecule has 1 aromatic carbocycles. The second kappa shape index (κ2) is 8.37. The van der Waals surface area contributed by atoms with E-state index in [0.29, 0.717) is 18.5 Å². The molecule has 0 radical (unpaired) electrons. The molecule has 0 unspecified atom stereocenters. The summed E-state index contributed by atoms with van der Waals surface area (Å²) >= 11 is 1.67. The third-order valence-corrected chi connectivity index (χ3v) is 7.14. The third kappa shape index (κ3) is 3.87. The Kier molecular flexibility index (Phi) is 5.38. The fraction of sp³-hybridized carbons (Fsp3) is 0.240. The van der Waals surface area contributed by atoms with Gasteiger partial charge in [-0.25, -0.2) is 4.79 Å². The van der Waals surface area contributed by atoms with Crippen LogP contribution in [-0.2, 0) is 17.8 Å². The predicted molar refractivity (Wildman–Crippen MR) is 128 cm³/mol. The molecule has 3 aromatic heterocycles. The van der Waals surface area contributed by atoms with Gasteiger partial charge in [0.05, 0.1) is 13.1 Å². The molecule has 8 heteroatoms. The Morgan fingerprint density at radius 1 is 1.12 bits per heavy atom. The monoisotopic (exact) mass is 460 g/mol. The summed E-state index contributed by atoms with van der Waals surface area (Å²) in [6.07, 6.45) is 2.23. The quantitative estimate of drug-likeness (QED) is 0.322. The number of hydrogen-bond acceptors (Lipinski definition) is 4. The molecule has 1 atom stereocenters. The lowest BCUT2D eigenvalue weighted by molar-refractivity contribution is -0.127. The minimum absolute atomic E-state index is 0.239. The molecule has 4 heterocycles. The van der Waals surface area contributed by atoms with Crippen LogP contribution in [0.2, 0.25) is 0 Å². The molecular formula is C25H24N4O3S. The van der Waals surface area contributed by atoms with Gasteiger partial charge in [-0.15, -0.1) is 11.3 Å². The summed E-state index contributed by atoms with van der Waals surface area (Å²) in [5.74, 6) is -0.609. The van der Waals surface area contributed by atoms with Gasteiger partial charge in [0.1, 0.15) is 6.04 Å². The van der Waals surface area contributed by atoms with Crippen LogP contribution >= 0.6 is 11.3 Å². The van der Waals surface area contributed by atoms with E-state index in [1.807, 2.05) is 61.8 Å². The van der Waals surface area contributed by atoms with E-state index in [1.54, 1.807) is 11.3 Å². The Labute approximate surface area is 195 Å². The summed E-state index contributed by atoms with van der Waals surface area (Å²) < 4.78 is 2.09. The van der Waals surface area contributed by atoms with Crippen LogP contribution in [0.15, 0.2) is 54.0 Å². The molecule has 0 aliphatic carbocycles. The van der Waals surface area contributed by atoms with Gasteiger partial charge < -0.3 is 14.9 Å². The van der Waals surface area contributed by atoms with Crippen molar-refractivity contribution in [2.24, 2.45) is 0 Å². The van der Waals surface area contributed by atoms with Crippen molar-refractivity contribution in [3.8, 4) is 0 Å². The van der Waals surface area contributed by atoms with Crippen LogP contribution in [0.25, 0.3) is 10.9 Å². The number of benzene rings is 1. The number of aromatic nitrogens is 2. The summed E-state index contributed by atoms with van der Waals surface area (Å²) in [4.78, 5) is 44.1. The van der Waals surface area contributed by atoms with E-state index in [9.17, 15) is 14.4 Å². The van der Waals surface area contributed by atoms with Crippen LogP contribution in [0.1, 0.15) is 32.2 Å². The van der Waals surface area contributed by atoms with Crippen LogP contribution in [0.3, 0.4) is 0 Å². The van der Waals surface area contributed by atoms with E-state index in [-0.39, 0.29) is 18.2 Å². The molecule has 1 aliphatic heterocycles. The number of carbonyl (C=O) groups excluding carboxylic acids is 3. The first-order chi connectivity index (χ1) is 15.9. The van der Waals surface area contributed by atoms with E-state index in [0.717, 1.165) is 32.8 Å². The SMILES string of the molecule is Cc1cc(C(=O)CN2C(=O)N[C@H](Cc3c[nH]c4ccccc34)C2=O)c(C)n1Cc1cccs1. The number of fused-ring (bicyclic) bond motifs is 1. The highest BCUT2D eigenvalue weighted by Crippen LogP contribution is 2.23. The van der Waals surface area contributed by atoms with Gasteiger partial charge in [0.2, 0.25) is 0 Å². The number of urea groups is 1. The number of imide groups is 1. The normalized spacial score (nSPS) is 16.1. The Morgan fingerprint density at radius 3 is 2.73 bits per heavy atom. The van der Waals surface area contributed by atoms with E-state index in [4.69, 9.17) is 0 Å². The van der Waals surface area contributed by atoms with Gasteiger partial charge in [-0.05, 0) is 43.0 Å². The molecule has 1 saturated heterocycles. The van der Waals surface area contributed by atoms with Crippen LogP contribution < -0.4 is 5.32 Å². The highest BCUT2D eigenvalue weighted by atomic mass is 32.1. The lowest BCUT2D eigenvalue weighted by Crippen LogP contribution is -2.36. The maximum absolute atomic E-state index is 13.1. The molecule has 3 amide bonds. The summed E-state index contributed by atoms with van der Waals surface area (Å²) in [7, 11) is 0. The number of H-pyrrole nitrogens is 1. The molecule has 2 N–H and O–H groups in total. The van der Waals surface area contributed by atoms with Gasteiger partial charge in [-0.1, -0.05) is 24.3 Å². The van der Waals surface area contributed by atoms with Crippen molar-refractivity contribution in [1.29, 1.82) is 0 Å². The first-order valence-electron chi connectivity index (χ1n) is 10.8. The van der Waals surface area contributed by atoms with Gasteiger partial charge in [0.15, 0.2) is 5.78 Å². The van der Waals surface area contributed by atoms with Crippen molar-refractivity contribution >= 4 is 40.0 Å². The second-order valence-electron chi connectivity index (χ2n) is 8.36. The Balaban J connectivity index is 1.31. The molecule has 1 aliphatic rings. The van der Waals surface area contributed by atoms with Crippen molar-refractivity contribution in [2.45, 2.75) is 32.9 Å². The molecule has 168 valence electrons. The number of Topliss-reactive ketones (excluding diaryl/α,β-unsaturated/α-hetero) is 1. The summed E-state index contributed by atoms with van der Waals surface area (Å²) in [5.41, 5.74) is 4.29. The number of aromatic amines is 1. The minimum atomic E-state index is -0.684. The first-order valence-corrected chi connectivity index (χ1v) is 11.7. The lowest BCUT2D eigenvalue weighted by Gasteiger charge is -2.13. The molecule has 0 saturated carbocycles. The van der Waals surface area contributed by atoms with Crippen molar-refractivity contribution in [1.82, 2.24) is 19.8 Å². The number of amides is 3. The molecule has 0 bridgehead atoms. The number of para-hydroxylation sites is 1. The van der Waals surface area contributed by atoms with Crippen LogP contribution in [0.4, 0.5) is 4.79 Å². The number of thiophene rings is 1. The maximum Gasteiger partial charge on any atom is 0.325 e. The molecule has 5 rings (SSSR count). The third-order valence-electron chi connectivity index (χ3n) is 6.28. The standard InChI is InChI=1S/C25H24N4O3S/c1-15-10-20(16(2)28(15)13-18-6-5-9-33-18)23(30)14-29-24(31)22(27-25(29)32)11-17-12-26-21-8-4-3-7-19(17)21/h3-10,12,22,26H,11,13-14H2,1-2H3,(H,27,32)/t22-/m1/s1. The average Bonchev–Trinajstić information content (AvgIpc) is 3.57. The summed E-state index contributed by atoms with van der Waals surface area (Å²) in [5, 5.41) is 5.79. The zero-order valence-corrected chi connectivity index (χ0v) is 19.2. The van der Waals surface area contributed by atoms with E-state index < -0.39 is 12.1 Å². The lowest BCUT2D eigenvalue weighted by atomic mass is 10.0. The number of rotatable bonds is 7. The zero-order valence-electron chi connectivity index (χ0n) is 18.4. The molecule has 7 nitrogen and oxygen atoms in total. The Morgan fingerprint density at radius 2 is 1.94 bits per heavy atom. The van der Waals surface area contributed by atoms with Crippen molar-refractivity contribution < 1.29 is 14.4 Å². The molecule has 0 spiro atoms. The molecule has 33 heavy (non-hydrogen) atoms. The minimum Gasteiger partial charge on any atom is -0.361 e. The molecular weight excluding hydrogens is 436 g/mol. The van der Waals surface area contributed by atoms with Crippen LogP contribution in [0.5, 0.6) is 0 Å². The highest BCUT2D eigenvalue weighted by Gasteiger charge is 2.39. The van der Waals surface area contributed by atoms with Gasteiger partial charge >= 0.3 is 6.03 Å². The fourth-order valence-corrected chi connectivity index (χ4v) is 5.19.